The molecule has 4 heteroatoms. The maximum atomic E-state index is 11.1. The number of aryl methyl sites for hydroxylation is 1. The molecule has 0 aliphatic carbocycles. The van der Waals surface area contributed by atoms with Gasteiger partial charge in [0, 0.05) is 6.42 Å². The van der Waals surface area contributed by atoms with Crippen LogP contribution < -0.4 is 9.47 Å². The maximum absolute atomic E-state index is 11.1. The molecule has 0 aliphatic rings. The molecule has 0 aliphatic heterocycles. The predicted molar refractivity (Wildman–Crippen MR) is 73.7 cm³/mol. The lowest BCUT2D eigenvalue weighted by Crippen LogP contribution is -2.06. The fraction of sp³-hybridized carbons (Fsp3) is 0.533. The Bertz CT molecular complexity index is 413. The fourth-order valence-electron chi connectivity index (χ4n) is 1.59. The predicted octanol–water partition coefficient (Wildman–Crippen LogP) is 2.84. The topological polar surface area (TPSA) is 44.8 Å². The second-order valence-electron chi connectivity index (χ2n) is 4.77. The lowest BCUT2D eigenvalue weighted by atomic mass is 10.1. The van der Waals surface area contributed by atoms with Gasteiger partial charge >= 0.3 is 5.97 Å². The molecule has 0 unspecified atom stereocenters. The van der Waals surface area contributed by atoms with Crippen molar-refractivity contribution in [1.29, 1.82) is 0 Å². The molecule has 0 saturated heterocycles. The van der Waals surface area contributed by atoms with Gasteiger partial charge in [-0.05, 0) is 30.0 Å². The third kappa shape index (κ3) is 5.20. The van der Waals surface area contributed by atoms with Gasteiger partial charge in [0.2, 0.25) is 0 Å². The quantitative estimate of drug-likeness (QED) is 0.712. The first-order chi connectivity index (χ1) is 9.06. The van der Waals surface area contributed by atoms with Crippen LogP contribution >= 0.6 is 0 Å². The lowest BCUT2D eigenvalue weighted by Gasteiger charge is -2.13. The van der Waals surface area contributed by atoms with Crippen LogP contribution in [-0.2, 0) is 16.0 Å². The van der Waals surface area contributed by atoms with Crippen molar-refractivity contribution in [1.82, 2.24) is 0 Å². The van der Waals surface area contributed by atoms with Crippen molar-refractivity contribution in [2.45, 2.75) is 26.7 Å². The van der Waals surface area contributed by atoms with E-state index in [9.17, 15) is 4.79 Å². The Balaban J connectivity index is 2.73. The monoisotopic (exact) mass is 266 g/mol. The average molecular weight is 266 g/mol. The van der Waals surface area contributed by atoms with Gasteiger partial charge in [-0.3, -0.25) is 4.79 Å². The van der Waals surface area contributed by atoms with Crippen molar-refractivity contribution in [2.75, 3.05) is 20.8 Å². The second kappa shape index (κ2) is 7.67. The summed E-state index contributed by atoms with van der Waals surface area (Å²) in [5.41, 5.74) is 1.03. The molecule has 0 N–H and O–H groups in total. The lowest BCUT2D eigenvalue weighted by molar-refractivity contribution is -0.140. The molecule has 106 valence electrons. The normalized spacial score (nSPS) is 10.4. The minimum atomic E-state index is -0.208. The van der Waals surface area contributed by atoms with Crippen molar-refractivity contribution in [3.8, 4) is 11.5 Å². The Morgan fingerprint density at radius 2 is 1.95 bits per heavy atom. The fourth-order valence-corrected chi connectivity index (χ4v) is 1.59. The first kappa shape index (κ1) is 15.3. The van der Waals surface area contributed by atoms with Crippen molar-refractivity contribution in [3.63, 3.8) is 0 Å². The van der Waals surface area contributed by atoms with Gasteiger partial charge in [0.1, 0.15) is 0 Å². The molecule has 0 amide bonds. The number of carbonyl (C=O) groups excluding carboxylic acids is 1. The zero-order valence-electron chi connectivity index (χ0n) is 12.1. The molecule has 0 radical (unpaired) electrons. The summed E-state index contributed by atoms with van der Waals surface area (Å²) in [5.74, 6) is 1.67. The number of benzene rings is 1. The number of hydrogen-bond donors (Lipinski definition) is 0. The largest absolute Gasteiger partial charge is 0.493 e. The van der Waals surface area contributed by atoms with Gasteiger partial charge in [-0.2, -0.15) is 0 Å². The third-order valence-corrected chi connectivity index (χ3v) is 2.65. The van der Waals surface area contributed by atoms with E-state index in [0.29, 0.717) is 31.1 Å². The molecule has 0 spiro atoms. The van der Waals surface area contributed by atoms with Gasteiger partial charge in [-0.1, -0.05) is 19.9 Å². The number of carbonyl (C=O) groups is 1. The van der Waals surface area contributed by atoms with Crippen LogP contribution in [-0.4, -0.2) is 26.8 Å². The van der Waals surface area contributed by atoms with Gasteiger partial charge in [0.25, 0.3) is 0 Å². The molecule has 1 aromatic carbocycles. The first-order valence-corrected chi connectivity index (χ1v) is 6.43. The van der Waals surface area contributed by atoms with E-state index < -0.39 is 0 Å². The highest BCUT2D eigenvalue weighted by Crippen LogP contribution is 2.29. The Labute approximate surface area is 114 Å². The highest BCUT2D eigenvalue weighted by molar-refractivity contribution is 5.69. The highest BCUT2D eigenvalue weighted by atomic mass is 16.5. The first-order valence-electron chi connectivity index (χ1n) is 6.43. The molecular formula is C15H22O4. The molecule has 0 atom stereocenters. The number of ether oxygens (including phenoxy) is 3. The summed E-state index contributed by atoms with van der Waals surface area (Å²) >= 11 is 0. The molecule has 4 nitrogen and oxygen atoms in total. The Morgan fingerprint density at radius 3 is 2.53 bits per heavy atom. The van der Waals surface area contributed by atoms with Gasteiger partial charge in [0.05, 0.1) is 20.8 Å². The van der Waals surface area contributed by atoms with Crippen molar-refractivity contribution >= 4 is 5.97 Å². The summed E-state index contributed by atoms with van der Waals surface area (Å²) in [7, 11) is 3.01. The maximum Gasteiger partial charge on any atom is 0.305 e. The molecule has 0 fully saturated rings. The van der Waals surface area contributed by atoms with Gasteiger partial charge in [-0.25, -0.2) is 0 Å². The molecule has 0 bridgehead atoms. The van der Waals surface area contributed by atoms with Gasteiger partial charge in [0.15, 0.2) is 11.5 Å². The van der Waals surface area contributed by atoms with E-state index in [0.717, 1.165) is 11.3 Å². The summed E-state index contributed by atoms with van der Waals surface area (Å²) in [6, 6.07) is 5.72. The van der Waals surface area contributed by atoms with Crippen LogP contribution in [0.25, 0.3) is 0 Å². The molecular weight excluding hydrogens is 244 g/mol. The summed E-state index contributed by atoms with van der Waals surface area (Å²) < 4.78 is 15.6. The van der Waals surface area contributed by atoms with Crippen LogP contribution in [0.15, 0.2) is 18.2 Å². The summed E-state index contributed by atoms with van der Waals surface area (Å²) in [6.45, 7) is 4.82. The summed E-state index contributed by atoms with van der Waals surface area (Å²) in [5, 5.41) is 0. The second-order valence-corrected chi connectivity index (χ2v) is 4.77. The number of rotatable bonds is 7. The van der Waals surface area contributed by atoms with E-state index in [4.69, 9.17) is 9.47 Å². The van der Waals surface area contributed by atoms with E-state index in [-0.39, 0.29) is 5.97 Å². The molecule has 1 aromatic rings. The average Bonchev–Trinajstić information content (AvgIpc) is 2.42. The van der Waals surface area contributed by atoms with Gasteiger partial charge < -0.3 is 14.2 Å². The third-order valence-electron chi connectivity index (χ3n) is 2.65. The molecule has 0 heterocycles. The van der Waals surface area contributed by atoms with Gasteiger partial charge in [-0.15, -0.1) is 0 Å². The molecule has 0 saturated carbocycles. The van der Waals surface area contributed by atoms with Crippen LogP contribution in [0.2, 0.25) is 0 Å². The van der Waals surface area contributed by atoms with Crippen LogP contribution in [0.1, 0.15) is 25.8 Å². The minimum Gasteiger partial charge on any atom is -0.493 e. The smallest absolute Gasteiger partial charge is 0.305 e. The Hall–Kier alpha value is -1.71. The van der Waals surface area contributed by atoms with E-state index in [1.54, 1.807) is 7.11 Å². The summed E-state index contributed by atoms with van der Waals surface area (Å²) in [4.78, 5) is 11.1. The summed E-state index contributed by atoms with van der Waals surface area (Å²) in [6.07, 6.45) is 1.00. The van der Waals surface area contributed by atoms with E-state index in [1.807, 2.05) is 18.2 Å². The SMILES string of the molecule is COC(=O)CCc1ccc(OC)c(OCC(C)C)c1. The zero-order chi connectivity index (χ0) is 14.3. The standard InChI is InChI=1S/C15H22O4/c1-11(2)10-19-14-9-12(5-7-13(14)17-3)6-8-15(16)18-4/h5,7,9,11H,6,8,10H2,1-4H3. The minimum absolute atomic E-state index is 0.208. The van der Waals surface area contributed by atoms with E-state index >= 15 is 0 Å². The Morgan fingerprint density at radius 1 is 1.21 bits per heavy atom. The Kier molecular flexibility index (Phi) is 6.19. The molecule has 19 heavy (non-hydrogen) atoms. The molecule has 0 aromatic heterocycles. The zero-order valence-corrected chi connectivity index (χ0v) is 12.1. The van der Waals surface area contributed by atoms with Crippen molar-refractivity contribution in [3.05, 3.63) is 23.8 Å². The highest BCUT2D eigenvalue weighted by Gasteiger charge is 2.08. The van der Waals surface area contributed by atoms with Crippen LogP contribution in [0.3, 0.4) is 0 Å². The number of hydrogen-bond acceptors (Lipinski definition) is 4. The number of methoxy groups -OCH3 is 2. The van der Waals surface area contributed by atoms with Crippen LogP contribution in [0.4, 0.5) is 0 Å². The van der Waals surface area contributed by atoms with Crippen molar-refractivity contribution < 1.29 is 19.0 Å². The van der Waals surface area contributed by atoms with E-state index in [1.165, 1.54) is 7.11 Å². The van der Waals surface area contributed by atoms with E-state index in [2.05, 4.69) is 18.6 Å². The number of esters is 1. The van der Waals surface area contributed by atoms with Crippen LogP contribution in [0, 0.1) is 5.92 Å². The molecule has 1 rings (SSSR count). The van der Waals surface area contributed by atoms with Crippen LogP contribution in [0.5, 0.6) is 11.5 Å². The van der Waals surface area contributed by atoms with Crippen molar-refractivity contribution in [2.24, 2.45) is 5.92 Å².